The van der Waals surface area contributed by atoms with Gasteiger partial charge in [-0.05, 0) is 23.8 Å². The van der Waals surface area contributed by atoms with Gasteiger partial charge in [0.2, 0.25) is 0 Å². The molecular formula is C16H15N3O4. The van der Waals surface area contributed by atoms with Crippen LogP contribution in [0.25, 0.3) is 0 Å². The molecule has 0 aliphatic rings. The monoisotopic (exact) mass is 313 g/mol. The van der Waals surface area contributed by atoms with Crippen molar-refractivity contribution in [2.75, 3.05) is 5.43 Å². The van der Waals surface area contributed by atoms with E-state index >= 15 is 0 Å². The van der Waals surface area contributed by atoms with Crippen molar-refractivity contribution in [2.24, 2.45) is 10.3 Å². The van der Waals surface area contributed by atoms with Crippen molar-refractivity contribution >= 4 is 17.6 Å². The molecule has 2 aromatic carbocycles. The first-order valence-electron chi connectivity index (χ1n) is 6.82. The molecular weight excluding hydrogens is 298 g/mol. The standard InChI is InChI=1S/C16H15N3O4/c20-15(21)12-7-4-8-13(10-12)17-19-18-14(16(22)23)9-11-5-2-1-3-6-11/h1-8,10,14H,9H2,(H,17,18)(H,20,21)(H,22,23). The van der Waals surface area contributed by atoms with E-state index in [4.69, 9.17) is 5.11 Å². The zero-order chi connectivity index (χ0) is 16.7. The third kappa shape index (κ3) is 4.92. The van der Waals surface area contributed by atoms with Gasteiger partial charge in [-0.2, -0.15) is 5.11 Å². The van der Waals surface area contributed by atoms with E-state index in [0.717, 1.165) is 5.56 Å². The topological polar surface area (TPSA) is 111 Å². The zero-order valence-corrected chi connectivity index (χ0v) is 12.1. The van der Waals surface area contributed by atoms with Gasteiger partial charge in [-0.1, -0.05) is 41.6 Å². The Labute approximate surface area is 132 Å². The molecule has 1 atom stereocenters. The van der Waals surface area contributed by atoms with Crippen molar-refractivity contribution in [1.82, 2.24) is 0 Å². The number of nitrogens with zero attached hydrogens (tertiary/aromatic N) is 2. The highest BCUT2D eigenvalue weighted by molar-refractivity contribution is 5.88. The number of aromatic carboxylic acids is 1. The maximum atomic E-state index is 11.2. The Hall–Kier alpha value is -3.22. The predicted octanol–water partition coefficient (Wildman–Crippen LogP) is 2.86. The van der Waals surface area contributed by atoms with Crippen molar-refractivity contribution in [2.45, 2.75) is 12.5 Å². The lowest BCUT2D eigenvalue weighted by Crippen LogP contribution is -2.20. The second-order valence-electron chi connectivity index (χ2n) is 4.76. The molecule has 1 unspecified atom stereocenters. The van der Waals surface area contributed by atoms with E-state index in [9.17, 15) is 14.7 Å². The number of carbonyl (C=O) groups is 2. The van der Waals surface area contributed by atoms with Crippen LogP contribution in [-0.4, -0.2) is 28.2 Å². The van der Waals surface area contributed by atoms with Crippen molar-refractivity contribution in [1.29, 1.82) is 0 Å². The Morgan fingerprint density at radius 3 is 2.43 bits per heavy atom. The van der Waals surface area contributed by atoms with Gasteiger partial charge in [-0.15, -0.1) is 0 Å². The zero-order valence-electron chi connectivity index (χ0n) is 12.1. The summed E-state index contributed by atoms with van der Waals surface area (Å²) in [6, 6.07) is 14.1. The number of aliphatic carboxylic acids is 1. The molecule has 0 aromatic heterocycles. The molecule has 7 nitrogen and oxygen atoms in total. The molecule has 0 spiro atoms. The van der Waals surface area contributed by atoms with Crippen LogP contribution >= 0.6 is 0 Å². The first-order chi connectivity index (χ1) is 11.1. The number of rotatable bonds is 7. The molecule has 0 saturated heterocycles. The van der Waals surface area contributed by atoms with E-state index in [2.05, 4.69) is 15.8 Å². The minimum atomic E-state index is -1.08. The number of anilines is 1. The molecule has 0 fully saturated rings. The second kappa shape index (κ2) is 7.69. The van der Waals surface area contributed by atoms with E-state index in [1.807, 2.05) is 30.3 Å². The smallest absolute Gasteiger partial charge is 0.335 e. The van der Waals surface area contributed by atoms with E-state index in [1.165, 1.54) is 12.1 Å². The highest BCUT2D eigenvalue weighted by Crippen LogP contribution is 2.12. The van der Waals surface area contributed by atoms with Crippen molar-refractivity contribution in [3.8, 4) is 0 Å². The predicted molar refractivity (Wildman–Crippen MR) is 83.4 cm³/mol. The van der Waals surface area contributed by atoms with E-state index in [-0.39, 0.29) is 12.0 Å². The molecule has 0 aliphatic heterocycles. The van der Waals surface area contributed by atoms with Gasteiger partial charge in [0, 0.05) is 6.42 Å². The lowest BCUT2D eigenvalue weighted by molar-refractivity contribution is -0.138. The SMILES string of the molecule is O=C(O)c1cccc(NN=NC(Cc2ccccc2)C(=O)O)c1. The first kappa shape index (κ1) is 16.2. The lowest BCUT2D eigenvalue weighted by atomic mass is 10.1. The van der Waals surface area contributed by atoms with Crippen molar-refractivity contribution in [3.05, 3.63) is 65.7 Å². The molecule has 0 heterocycles. The van der Waals surface area contributed by atoms with Gasteiger partial charge in [0.05, 0.1) is 11.3 Å². The van der Waals surface area contributed by atoms with E-state index in [0.29, 0.717) is 5.69 Å². The molecule has 0 bridgehead atoms. The Balaban J connectivity index is 2.02. The fraction of sp³-hybridized carbons (Fsp3) is 0.125. The number of hydrogen-bond donors (Lipinski definition) is 3. The summed E-state index contributed by atoms with van der Waals surface area (Å²) in [5, 5.41) is 25.5. The van der Waals surface area contributed by atoms with E-state index in [1.54, 1.807) is 12.1 Å². The van der Waals surface area contributed by atoms with Gasteiger partial charge in [-0.3, -0.25) is 5.43 Å². The van der Waals surface area contributed by atoms with Crippen LogP contribution in [0, 0.1) is 0 Å². The molecule has 0 saturated carbocycles. The summed E-state index contributed by atoms with van der Waals surface area (Å²) < 4.78 is 0. The largest absolute Gasteiger partial charge is 0.480 e. The van der Waals surface area contributed by atoms with Gasteiger partial charge in [0.1, 0.15) is 0 Å². The van der Waals surface area contributed by atoms with Crippen LogP contribution < -0.4 is 5.43 Å². The van der Waals surface area contributed by atoms with Crippen LogP contribution in [0.3, 0.4) is 0 Å². The highest BCUT2D eigenvalue weighted by Gasteiger charge is 2.17. The number of carboxylic acids is 2. The molecule has 23 heavy (non-hydrogen) atoms. The van der Waals surface area contributed by atoms with Gasteiger partial charge in [0.15, 0.2) is 6.04 Å². The molecule has 0 amide bonds. The number of benzene rings is 2. The minimum absolute atomic E-state index is 0.101. The third-order valence-electron chi connectivity index (χ3n) is 3.04. The number of nitrogens with one attached hydrogen (secondary N) is 1. The normalized spacial score (nSPS) is 12.0. The Morgan fingerprint density at radius 2 is 1.78 bits per heavy atom. The van der Waals surface area contributed by atoms with Gasteiger partial charge >= 0.3 is 11.9 Å². The molecule has 3 N–H and O–H groups in total. The lowest BCUT2D eigenvalue weighted by Gasteiger charge is -2.06. The first-order valence-corrected chi connectivity index (χ1v) is 6.82. The number of carboxylic acid groups (broad SMARTS) is 2. The average molecular weight is 313 g/mol. The minimum Gasteiger partial charge on any atom is -0.480 e. The summed E-state index contributed by atoms with van der Waals surface area (Å²) >= 11 is 0. The van der Waals surface area contributed by atoms with Crippen molar-refractivity contribution < 1.29 is 19.8 Å². The van der Waals surface area contributed by atoms with Crippen LogP contribution in [0.15, 0.2) is 64.9 Å². The van der Waals surface area contributed by atoms with Crippen LogP contribution in [0.4, 0.5) is 5.69 Å². The molecule has 0 radical (unpaired) electrons. The van der Waals surface area contributed by atoms with Crippen molar-refractivity contribution in [3.63, 3.8) is 0 Å². The molecule has 0 aliphatic carbocycles. The summed E-state index contributed by atoms with van der Waals surface area (Å²) in [5.41, 5.74) is 3.90. The summed E-state index contributed by atoms with van der Waals surface area (Å²) in [6.07, 6.45) is 0.219. The van der Waals surface area contributed by atoms with Crippen LogP contribution in [0.1, 0.15) is 15.9 Å². The fourth-order valence-corrected chi connectivity index (χ4v) is 1.89. The van der Waals surface area contributed by atoms with E-state index < -0.39 is 18.0 Å². The van der Waals surface area contributed by atoms with Gasteiger partial charge in [-0.25, -0.2) is 9.59 Å². The van der Waals surface area contributed by atoms with Gasteiger partial charge in [0.25, 0.3) is 0 Å². The Bertz CT molecular complexity index is 716. The van der Waals surface area contributed by atoms with Crippen LogP contribution in [0.5, 0.6) is 0 Å². The molecule has 7 heteroatoms. The third-order valence-corrected chi connectivity index (χ3v) is 3.04. The number of hydrogen-bond acceptors (Lipinski definition) is 4. The summed E-state index contributed by atoms with van der Waals surface area (Å²) in [4.78, 5) is 22.1. The van der Waals surface area contributed by atoms with Crippen LogP contribution in [-0.2, 0) is 11.2 Å². The highest BCUT2D eigenvalue weighted by atomic mass is 16.4. The van der Waals surface area contributed by atoms with Crippen LogP contribution in [0.2, 0.25) is 0 Å². The summed E-state index contributed by atoms with van der Waals surface area (Å²) in [5.74, 6) is -2.14. The Morgan fingerprint density at radius 1 is 1.04 bits per heavy atom. The molecule has 2 aromatic rings. The summed E-state index contributed by atoms with van der Waals surface area (Å²) in [7, 11) is 0. The molecule has 2 rings (SSSR count). The summed E-state index contributed by atoms with van der Waals surface area (Å²) in [6.45, 7) is 0. The maximum absolute atomic E-state index is 11.2. The van der Waals surface area contributed by atoms with Gasteiger partial charge < -0.3 is 10.2 Å². The molecule has 118 valence electrons. The fourth-order valence-electron chi connectivity index (χ4n) is 1.89. The Kier molecular flexibility index (Phi) is 5.40. The average Bonchev–Trinajstić information content (AvgIpc) is 2.55. The quantitative estimate of drug-likeness (QED) is 0.537. The second-order valence-corrected chi connectivity index (χ2v) is 4.76. The maximum Gasteiger partial charge on any atom is 0.335 e.